The van der Waals surface area contributed by atoms with E-state index in [0.29, 0.717) is 11.1 Å². The number of methoxy groups -OCH3 is 1. The molecule has 1 aliphatic rings. The zero-order valence-corrected chi connectivity index (χ0v) is 12.2. The maximum atomic E-state index is 5.97. The summed E-state index contributed by atoms with van der Waals surface area (Å²) >= 11 is 7.61. The van der Waals surface area contributed by atoms with Gasteiger partial charge in [0.1, 0.15) is 10.8 Å². The zero-order chi connectivity index (χ0) is 13.2. The van der Waals surface area contributed by atoms with Gasteiger partial charge in [-0.3, -0.25) is 0 Å². The second kappa shape index (κ2) is 5.49. The van der Waals surface area contributed by atoms with Gasteiger partial charge in [-0.15, -0.1) is 11.3 Å². The van der Waals surface area contributed by atoms with Crippen molar-refractivity contribution in [3.05, 3.63) is 34.3 Å². The van der Waals surface area contributed by atoms with Gasteiger partial charge < -0.3 is 10.1 Å². The number of halogens is 1. The van der Waals surface area contributed by atoms with E-state index in [1.165, 1.54) is 12.8 Å². The largest absolute Gasteiger partial charge is 0.496 e. The monoisotopic (exact) mass is 294 g/mol. The van der Waals surface area contributed by atoms with E-state index in [1.807, 2.05) is 18.2 Å². The van der Waals surface area contributed by atoms with Crippen LogP contribution < -0.4 is 10.1 Å². The molecule has 0 saturated heterocycles. The maximum Gasteiger partial charge on any atom is 0.130 e. The highest BCUT2D eigenvalue weighted by Gasteiger charge is 2.20. The van der Waals surface area contributed by atoms with Gasteiger partial charge in [0.15, 0.2) is 0 Å². The van der Waals surface area contributed by atoms with Crippen LogP contribution in [-0.2, 0) is 6.54 Å². The van der Waals surface area contributed by atoms with Gasteiger partial charge in [0.05, 0.1) is 18.4 Å². The fraction of sp³-hybridized carbons (Fsp3) is 0.357. The van der Waals surface area contributed by atoms with E-state index in [2.05, 4.69) is 15.7 Å². The third-order valence-corrected chi connectivity index (χ3v) is 4.25. The fourth-order valence-electron chi connectivity index (χ4n) is 1.89. The summed E-state index contributed by atoms with van der Waals surface area (Å²) < 4.78 is 5.36. The van der Waals surface area contributed by atoms with Crippen LogP contribution >= 0.6 is 22.9 Å². The first-order valence-corrected chi connectivity index (χ1v) is 7.53. The Kier molecular flexibility index (Phi) is 3.73. The number of benzene rings is 1. The van der Waals surface area contributed by atoms with Gasteiger partial charge in [-0.05, 0) is 31.0 Å². The molecular formula is C14H15ClN2OS. The number of rotatable bonds is 5. The van der Waals surface area contributed by atoms with Gasteiger partial charge in [0.25, 0.3) is 0 Å². The van der Waals surface area contributed by atoms with Crippen molar-refractivity contribution < 1.29 is 4.74 Å². The zero-order valence-electron chi connectivity index (χ0n) is 10.6. The number of nitrogens with zero attached hydrogens (tertiary/aromatic N) is 1. The highest BCUT2D eigenvalue weighted by molar-refractivity contribution is 7.13. The molecule has 0 amide bonds. The molecule has 0 bridgehead atoms. The van der Waals surface area contributed by atoms with Crippen LogP contribution in [0.25, 0.3) is 10.6 Å². The van der Waals surface area contributed by atoms with Crippen molar-refractivity contribution >= 4 is 22.9 Å². The minimum atomic E-state index is 0.674. The lowest BCUT2D eigenvalue weighted by Gasteiger charge is -2.06. The molecule has 1 saturated carbocycles. The van der Waals surface area contributed by atoms with Crippen LogP contribution in [0.4, 0.5) is 0 Å². The maximum absolute atomic E-state index is 5.97. The molecule has 0 aliphatic heterocycles. The molecule has 3 nitrogen and oxygen atoms in total. The van der Waals surface area contributed by atoms with Crippen molar-refractivity contribution in [2.75, 3.05) is 7.11 Å². The molecule has 19 heavy (non-hydrogen) atoms. The Morgan fingerprint density at radius 1 is 1.47 bits per heavy atom. The predicted octanol–water partition coefficient (Wildman–Crippen LogP) is 3.72. The summed E-state index contributed by atoms with van der Waals surface area (Å²) in [6, 6.07) is 6.34. The van der Waals surface area contributed by atoms with Crippen LogP contribution in [0.2, 0.25) is 5.02 Å². The molecule has 1 N–H and O–H groups in total. The quantitative estimate of drug-likeness (QED) is 0.912. The molecule has 1 fully saturated rings. The molecule has 100 valence electrons. The van der Waals surface area contributed by atoms with Crippen molar-refractivity contribution in [1.29, 1.82) is 0 Å². The Hall–Kier alpha value is -1.10. The standard InChI is InChI=1S/C14H15ClN2OS/c1-18-13-6-9(15)2-5-12(13)14-17-11(8-19-14)7-16-10-3-4-10/h2,5-6,8,10,16H,3-4,7H2,1H3. The van der Waals surface area contributed by atoms with Gasteiger partial charge >= 0.3 is 0 Å². The number of ether oxygens (including phenoxy) is 1. The number of aromatic nitrogens is 1. The summed E-state index contributed by atoms with van der Waals surface area (Å²) in [7, 11) is 1.65. The molecule has 3 rings (SSSR count). The van der Waals surface area contributed by atoms with Crippen molar-refractivity contribution in [1.82, 2.24) is 10.3 Å². The van der Waals surface area contributed by atoms with Crippen LogP contribution in [0.1, 0.15) is 18.5 Å². The van der Waals surface area contributed by atoms with E-state index in [9.17, 15) is 0 Å². The lowest BCUT2D eigenvalue weighted by atomic mass is 10.2. The lowest BCUT2D eigenvalue weighted by molar-refractivity contribution is 0.416. The summed E-state index contributed by atoms with van der Waals surface area (Å²) in [5.41, 5.74) is 2.08. The average Bonchev–Trinajstić information content (AvgIpc) is 3.14. The van der Waals surface area contributed by atoms with Crippen LogP contribution in [0.15, 0.2) is 23.6 Å². The number of hydrogen-bond donors (Lipinski definition) is 1. The lowest BCUT2D eigenvalue weighted by Crippen LogP contribution is -2.15. The second-order valence-corrected chi connectivity index (χ2v) is 5.94. The Labute approximate surface area is 121 Å². The highest BCUT2D eigenvalue weighted by atomic mass is 35.5. The third kappa shape index (κ3) is 3.08. The smallest absolute Gasteiger partial charge is 0.130 e. The van der Waals surface area contributed by atoms with E-state index < -0.39 is 0 Å². The molecular weight excluding hydrogens is 280 g/mol. The molecule has 0 spiro atoms. The Morgan fingerprint density at radius 2 is 2.32 bits per heavy atom. The first-order valence-electron chi connectivity index (χ1n) is 6.28. The fourth-order valence-corrected chi connectivity index (χ4v) is 2.90. The van der Waals surface area contributed by atoms with Gasteiger partial charge in [0, 0.05) is 23.0 Å². The van der Waals surface area contributed by atoms with Gasteiger partial charge in [0.2, 0.25) is 0 Å². The van der Waals surface area contributed by atoms with Crippen molar-refractivity contribution in [2.24, 2.45) is 0 Å². The highest BCUT2D eigenvalue weighted by Crippen LogP contribution is 2.34. The molecule has 0 unspecified atom stereocenters. The Morgan fingerprint density at radius 3 is 3.05 bits per heavy atom. The number of nitrogens with one attached hydrogen (secondary N) is 1. The number of hydrogen-bond acceptors (Lipinski definition) is 4. The average molecular weight is 295 g/mol. The van der Waals surface area contributed by atoms with Crippen LogP contribution in [-0.4, -0.2) is 18.1 Å². The first kappa shape index (κ1) is 12.9. The molecule has 1 heterocycles. The Bertz CT molecular complexity index is 581. The number of thiazole rings is 1. The molecule has 1 aromatic carbocycles. The Balaban J connectivity index is 1.80. The van der Waals surface area contributed by atoms with Crippen LogP contribution in [0.3, 0.4) is 0 Å². The third-order valence-electron chi connectivity index (χ3n) is 3.09. The molecule has 1 aliphatic carbocycles. The van der Waals surface area contributed by atoms with Crippen LogP contribution in [0, 0.1) is 0 Å². The normalized spacial score (nSPS) is 14.6. The summed E-state index contributed by atoms with van der Waals surface area (Å²) in [6.07, 6.45) is 2.59. The first-order chi connectivity index (χ1) is 9.26. The molecule has 2 aromatic rings. The van der Waals surface area contributed by atoms with Crippen LogP contribution in [0.5, 0.6) is 5.75 Å². The SMILES string of the molecule is COc1cc(Cl)ccc1-c1nc(CNC2CC2)cs1. The summed E-state index contributed by atoms with van der Waals surface area (Å²) in [5.74, 6) is 0.767. The molecule has 5 heteroatoms. The molecule has 0 atom stereocenters. The van der Waals surface area contributed by atoms with Gasteiger partial charge in [-0.2, -0.15) is 0 Å². The van der Waals surface area contributed by atoms with Gasteiger partial charge in [-0.1, -0.05) is 11.6 Å². The van der Waals surface area contributed by atoms with Crippen molar-refractivity contribution in [3.63, 3.8) is 0 Å². The van der Waals surface area contributed by atoms with E-state index in [-0.39, 0.29) is 0 Å². The van der Waals surface area contributed by atoms with E-state index >= 15 is 0 Å². The second-order valence-electron chi connectivity index (χ2n) is 4.64. The summed E-state index contributed by atoms with van der Waals surface area (Å²) in [5, 5.41) is 7.21. The minimum Gasteiger partial charge on any atom is -0.496 e. The summed E-state index contributed by atoms with van der Waals surface area (Å²) in [4.78, 5) is 4.65. The summed E-state index contributed by atoms with van der Waals surface area (Å²) in [6.45, 7) is 0.844. The van der Waals surface area contributed by atoms with E-state index in [0.717, 1.165) is 28.6 Å². The minimum absolute atomic E-state index is 0.674. The van der Waals surface area contributed by atoms with Crippen molar-refractivity contribution in [3.8, 4) is 16.3 Å². The topological polar surface area (TPSA) is 34.1 Å². The van der Waals surface area contributed by atoms with Crippen molar-refractivity contribution in [2.45, 2.75) is 25.4 Å². The predicted molar refractivity (Wildman–Crippen MR) is 79.0 cm³/mol. The van der Waals surface area contributed by atoms with Gasteiger partial charge in [-0.25, -0.2) is 4.98 Å². The van der Waals surface area contributed by atoms with E-state index in [1.54, 1.807) is 18.4 Å². The molecule has 0 radical (unpaired) electrons. The molecule has 1 aromatic heterocycles. The van der Waals surface area contributed by atoms with E-state index in [4.69, 9.17) is 16.3 Å².